The fourth-order valence-corrected chi connectivity index (χ4v) is 2.42. The molecule has 0 saturated heterocycles. The van der Waals surface area contributed by atoms with Crippen molar-refractivity contribution in [2.24, 2.45) is 0 Å². The van der Waals surface area contributed by atoms with Crippen molar-refractivity contribution in [1.29, 1.82) is 0 Å². The molecule has 21 heavy (non-hydrogen) atoms. The molecule has 1 aromatic carbocycles. The topological polar surface area (TPSA) is 55.1 Å². The number of nitrogens with one attached hydrogen (secondary N) is 1. The number of benzene rings is 1. The third-order valence-corrected chi connectivity index (χ3v) is 3.74. The number of nitrogens with two attached hydrogens (primary N) is 1. The first-order chi connectivity index (χ1) is 10.2. The molecule has 0 aliphatic rings. The van der Waals surface area contributed by atoms with Crippen molar-refractivity contribution in [2.45, 2.75) is 71.1 Å². The normalized spacial score (nSPS) is 10.5. The summed E-state index contributed by atoms with van der Waals surface area (Å²) in [7, 11) is 0. The fraction of sp³-hybridized carbons (Fsp3) is 0.611. The van der Waals surface area contributed by atoms with Crippen molar-refractivity contribution < 1.29 is 4.79 Å². The number of amides is 1. The van der Waals surface area contributed by atoms with Crippen molar-refractivity contribution in [1.82, 2.24) is 0 Å². The Labute approximate surface area is 129 Å². The van der Waals surface area contributed by atoms with Crippen LogP contribution in [-0.4, -0.2) is 5.91 Å². The molecular formula is C18H30N2O. The minimum atomic E-state index is 0.0656. The number of para-hydroxylation sites is 2. The van der Waals surface area contributed by atoms with Crippen molar-refractivity contribution >= 4 is 17.3 Å². The molecule has 0 bridgehead atoms. The molecule has 0 heterocycles. The number of hydrogen-bond donors (Lipinski definition) is 2. The lowest BCUT2D eigenvalue weighted by Crippen LogP contribution is -2.12. The first kappa shape index (κ1) is 17.5. The van der Waals surface area contributed by atoms with E-state index in [0.29, 0.717) is 12.1 Å². The molecule has 0 aliphatic heterocycles. The monoisotopic (exact) mass is 290 g/mol. The zero-order chi connectivity index (χ0) is 15.3. The van der Waals surface area contributed by atoms with Crippen LogP contribution in [0.5, 0.6) is 0 Å². The van der Waals surface area contributed by atoms with E-state index in [4.69, 9.17) is 5.73 Å². The number of hydrogen-bond acceptors (Lipinski definition) is 2. The molecule has 0 aliphatic carbocycles. The van der Waals surface area contributed by atoms with Crippen LogP contribution in [0.25, 0.3) is 0 Å². The molecule has 0 aromatic heterocycles. The average Bonchev–Trinajstić information content (AvgIpc) is 2.48. The fourth-order valence-electron chi connectivity index (χ4n) is 2.42. The summed E-state index contributed by atoms with van der Waals surface area (Å²) in [6, 6.07) is 7.38. The summed E-state index contributed by atoms with van der Waals surface area (Å²) in [6.45, 7) is 2.24. The van der Waals surface area contributed by atoms with E-state index in [9.17, 15) is 4.79 Å². The lowest BCUT2D eigenvalue weighted by Gasteiger charge is -2.07. The van der Waals surface area contributed by atoms with Crippen LogP contribution >= 0.6 is 0 Å². The molecule has 3 heteroatoms. The van der Waals surface area contributed by atoms with Gasteiger partial charge in [-0.3, -0.25) is 4.79 Å². The van der Waals surface area contributed by atoms with E-state index in [-0.39, 0.29) is 5.91 Å². The zero-order valence-electron chi connectivity index (χ0n) is 13.4. The van der Waals surface area contributed by atoms with E-state index in [1.165, 1.54) is 44.9 Å². The standard InChI is InChI=1S/C18H30N2O/c1-2-3-4-5-6-7-8-9-10-15-18(21)20-17-14-12-11-13-16(17)19/h11-14H,2-10,15,19H2,1H3,(H,20,21). The highest BCUT2D eigenvalue weighted by Crippen LogP contribution is 2.17. The van der Waals surface area contributed by atoms with E-state index in [0.717, 1.165) is 18.5 Å². The summed E-state index contributed by atoms with van der Waals surface area (Å²) in [6.07, 6.45) is 12.0. The van der Waals surface area contributed by atoms with Gasteiger partial charge < -0.3 is 11.1 Å². The number of nitrogen functional groups attached to an aromatic ring is 1. The molecular weight excluding hydrogens is 260 g/mol. The molecule has 0 fully saturated rings. The van der Waals surface area contributed by atoms with Gasteiger partial charge in [-0.25, -0.2) is 0 Å². The van der Waals surface area contributed by atoms with Crippen LogP contribution in [0, 0.1) is 0 Å². The summed E-state index contributed by atoms with van der Waals surface area (Å²) in [4.78, 5) is 11.8. The Morgan fingerprint density at radius 3 is 2.14 bits per heavy atom. The van der Waals surface area contributed by atoms with Gasteiger partial charge in [-0.15, -0.1) is 0 Å². The van der Waals surface area contributed by atoms with Crippen LogP contribution in [0.4, 0.5) is 11.4 Å². The van der Waals surface area contributed by atoms with Crippen LogP contribution < -0.4 is 11.1 Å². The summed E-state index contributed by atoms with van der Waals surface area (Å²) in [5.74, 6) is 0.0656. The summed E-state index contributed by atoms with van der Waals surface area (Å²) >= 11 is 0. The Morgan fingerprint density at radius 2 is 1.52 bits per heavy atom. The second kappa shape index (κ2) is 11.2. The first-order valence-corrected chi connectivity index (χ1v) is 8.38. The van der Waals surface area contributed by atoms with E-state index >= 15 is 0 Å². The molecule has 0 unspecified atom stereocenters. The second-order valence-electron chi connectivity index (χ2n) is 5.71. The van der Waals surface area contributed by atoms with Gasteiger partial charge in [0.2, 0.25) is 5.91 Å². The average molecular weight is 290 g/mol. The SMILES string of the molecule is CCCCCCCCCCCC(=O)Nc1ccccc1N. The Balaban J connectivity index is 2.00. The Kier molecular flexibility index (Phi) is 9.34. The highest BCUT2D eigenvalue weighted by atomic mass is 16.1. The van der Waals surface area contributed by atoms with Gasteiger partial charge in [0.15, 0.2) is 0 Å². The van der Waals surface area contributed by atoms with Gasteiger partial charge in [0.1, 0.15) is 0 Å². The highest BCUT2D eigenvalue weighted by Gasteiger charge is 2.04. The van der Waals surface area contributed by atoms with Crippen LogP contribution in [-0.2, 0) is 4.79 Å². The van der Waals surface area contributed by atoms with Crippen molar-refractivity contribution in [3.8, 4) is 0 Å². The van der Waals surface area contributed by atoms with Gasteiger partial charge in [-0.05, 0) is 18.6 Å². The van der Waals surface area contributed by atoms with Gasteiger partial charge in [0.25, 0.3) is 0 Å². The van der Waals surface area contributed by atoms with Crippen LogP contribution in [0.1, 0.15) is 71.1 Å². The lowest BCUT2D eigenvalue weighted by molar-refractivity contribution is -0.116. The third-order valence-electron chi connectivity index (χ3n) is 3.74. The molecule has 1 aromatic rings. The maximum atomic E-state index is 11.8. The van der Waals surface area contributed by atoms with Crippen LogP contribution in [0.3, 0.4) is 0 Å². The van der Waals surface area contributed by atoms with Crippen molar-refractivity contribution in [3.63, 3.8) is 0 Å². The van der Waals surface area contributed by atoms with Gasteiger partial charge >= 0.3 is 0 Å². The van der Waals surface area contributed by atoms with Crippen LogP contribution in [0.15, 0.2) is 24.3 Å². The highest BCUT2D eigenvalue weighted by molar-refractivity contribution is 5.93. The summed E-state index contributed by atoms with van der Waals surface area (Å²) in [5.41, 5.74) is 7.14. The molecule has 1 rings (SSSR count). The van der Waals surface area contributed by atoms with Crippen molar-refractivity contribution in [3.05, 3.63) is 24.3 Å². The van der Waals surface area contributed by atoms with Gasteiger partial charge in [-0.2, -0.15) is 0 Å². The molecule has 1 amide bonds. The number of anilines is 2. The minimum Gasteiger partial charge on any atom is -0.397 e. The quantitative estimate of drug-likeness (QED) is 0.438. The molecule has 3 N–H and O–H groups in total. The van der Waals surface area contributed by atoms with Crippen molar-refractivity contribution in [2.75, 3.05) is 11.1 Å². The van der Waals surface area contributed by atoms with Gasteiger partial charge in [0, 0.05) is 6.42 Å². The third kappa shape index (κ3) is 8.38. The van der Waals surface area contributed by atoms with E-state index in [1.807, 2.05) is 18.2 Å². The second-order valence-corrected chi connectivity index (χ2v) is 5.71. The summed E-state index contributed by atoms with van der Waals surface area (Å²) < 4.78 is 0. The van der Waals surface area contributed by atoms with Crippen LogP contribution in [0.2, 0.25) is 0 Å². The van der Waals surface area contributed by atoms with E-state index in [2.05, 4.69) is 12.2 Å². The molecule has 0 spiro atoms. The predicted octanol–water partition coefficient (Wildman–Crippen LogP) is 5.13. The Bertz CT molecular complexity index is 404. The number of unbranched alkanes of at least 4 members (excludes halogenated alkanes) is 8. The van der Waals surface area contributed by atoms with Gasteiger partial charge in [0.05, 0.1) is 11.4 Å². The molecule has 0 atom stereocenters. The minimum absolute atomic E-state index is 0.0656. The Hall–Kier alpha value is -1.51. The lowest BCUT2D eigenvalue weighted by atomic mass is 10.1. The maximum absolute atomic E-state index is 11.8. The molecule has 3 nitrogen and oxygen atoms in total. The molecule has 0 saturated carbocycles. The van der Waals surface area contributed by atoms with E-state index < -0.39 is 0 Å². The molecule has 118 valence electrons. The van der Waals surface area contributed by atoms with Gasteiger partial charge in [-0.1, -0.05) is 70.4 Å². The zero-order valence-corrected chi connectivity index (χ0v) is 13.4. The smallest absolute Gasteiger partial charge is 0.224 e. The Morgan fingerprint density at radius 1 is 0.952 bits per heavy atom. The number of rotatable bonds is 11. The summed E-state index contributed by atoms with van der Waals surface area (Å²) in [5, 5.41) is 2.87. The number of carbonyl (C=O) groups is 1. The molecule has 0 radical (unpaired) electrons. The largest absolute Gasteiger partial charge is 0.397 e. The maximum Gasteiger partial charge on any atom is 0.224 e. The number of carbonyl (C=O) groups excluding carboxylic acids is 1. The van der Waals surface area contributed by atoms with E-state index in [1.54, 1.807) is 6.07 Å². The predicted molar refractivity (Wildman–Crippen MR) is 91.3 cm³/mol. The first-order valence-electron chi connectivity index (χ1n) is 8.38.